The van der Waals surface area contributed by atoms with Crippen LogP contribution in [-0.4, -0.2) is 55.8 Å². The van der Waals surface area contributed by atoms with Crippen LogP contribution in [0.3, 0.4) is 0 Å². The maximum Gasteiger partial charge on any atom is 0.248 e. The van der Waals surface area contributed by atoms with Crippen LogP contribution >= 0.6 is 15.9 Å². The molecule has 1 saturated heterocycles. The summed E-state index contributed by atoms with van der Waals surface area (Å²) in [7, 11) is 1.70. The SMILES string of the molecule is COc1c(N2CCN(C(=O)CO)CC2)cc(Br)cc1C(C)(C)C. The highest BCUT2D eigenvalue weighted by molar-refractivity contribution is 9.10. The minimum Gasteiger partial charge on any atom is -0.494 e. The molecule has 1 amide bonds. The van der Waals surface area contributed by atoms with E-state index in [0.29, 0.717) is 13.1 Å². The summed E-state index contributed by atoms with van der Waals surface area (Å²) in [6.45, 7) is 8.75. The Labute approximate surface area is 146 Å². The lowest BCUT2D eigenvalue weighted by molar-refractivity contribution is -0.134. The van der Waals surface area contributed by atoms with E-state index in [-0.39, 0.29) is 11.3 Å². The highest BCUT2D eigenvalue weighted by Crippen LogP contribution is 2.41. The van der Waals surface area contributed by atoms with Crippen molar-refractivity contribution in [3.05, 3.63) is 22.2 Å². The van der Waals surface area contributed by atoms with Gasteiger partial charge in [-0.3, -0.25) is 4.79 Å². The Hall–Kier alpha value is -1.27. The van der Waals surface area contributed by atoms with Crippen molar-refractivity contribution in [3.8, 4) is 5.75 Å². The standard InChI is InChI=1S/C17H25BrN2O3/c1-17(2,3)13-9-12(18)10-14(16(13)23-4)19-5-7-20(8-6-19)15(22)11-21/h9-10,21H,5-8,11H2,1-4H3. The van der Waals surface area contributed by atoms with Crippen LogP contribution in [0.1, 0.15) is 26.3 Å². The molecule has 0 saturated carbocycles. The molecule has 1 aromatic rings. The summed E-state index contributed by atoms with van der Waals surface area (Å²) in [6.07, 6.45) is 0. The second kappa shape index (κ2) is 7.09. The lowest BCUT2D eigenvalue weighted by atomic mass is 9.86. The number of rotatable bonds is 3. The van der Waals surface area contributed by atoms with Crippen molar-refractivity contribution < 1.29 is 14.6 Å². The van der Waals surface area contributed by atoms with Gasteiger partial charge in [0.05, 0.1) is 12.8 Å². The molecule has 1 N–H and O–H groups in total. The maximum absolute atomic E-state index is 11.6. The van der Waals surface area contributed by atoms with Gasteiger partial charge in [-0.15, -0.1) is 0 Å². The number of hydrogen-bond acceptors (Lipinski definition) is 4. The van der Waals surface area contributed by atoms with Gasteiger partial charge in [0.2, 0.25) is 5.91 Å². The zero-order chi connectivity index (χ0) is 17.2. The monoisotopic (exact) mass is 384 g/mol. The molecule has 0 aliphatic carbocycles. The number of aliphatic hydroxyl groups is 1. The number of piperazine rings is 1. The summed E-state index contributed by atoms with van der Waals surface area (Å²) in [5, 5.41) is 8.98. The van der Waals surface area contributed by atoms with E-state index in [4.69, 9.17) is 9.84 Å². The first-order valence-electron chi connectivity index (χ1n) is 7.79. The van der Waals surface area contributed by atoms with E-state index in [1.54, 1.807) is 12.0 Å². The molecule has 0 unspecified atom stereocenters. The van der Waals surface area contributed by atoms with E-state index in [1.807, 2.05) is 0 Å². The van der Waals surface area contributed by atoms with Crippen molar-refractivity contribution in [1.29, 1.82) is 0 Å². The van der Waals surface area contributed by atoms with E-state index in [2.05, 4.69) is 53.7 Å². The third kappa shape index (κ3) is 3.98. The van der Waals surface area contributed by atoms with Crippen molar-refractivity contribution in [2.24, 2.45) is 0 Å². The maximum atomic E-state index is 11.6. The molecule has 0 aromatic heterocycles. The van der Waals surface area contributed by atoms with Gasteiger partial charge in [-0.25, -0.2) is 0 Å². The Kier molecular flexibility index (Phi) is 5.57. The number of carbonyl (C=O) groups excluding carboxylic acids is 1. The quantitative estimate of drug-likeness (QED) is 0.868. The molecule has 23 heavy (non-hydrogen) atoms. The number of ether oxygens (including phenoxy) is 1. The lowest BCUT2D eigenvalue weighted by Crippen LogP contribution is -2.49. The van der Waals surface area contributed by atoms with Crippen LogP contribution < -0.4 is 9.64 Å². The van der Waals surface area contributed by atoms with E-state index in [1.165, 1.54) is 0 Å². The average molecular weight is 385 g/mol. The summed E-state index contributed by atoms with van der Waals surface area (Å²) in [6, 6.07) is 4.17. The van der Waals surface area contributed by atoms with Gasteiger partial charge in [0.1, 0.15) is 12.4 Å². The van der Waals surface area contributed by atoms with E-state index in [9.17, 15) is 4.79 Å². The van der Waals surface area contributed by atoms with Gasteiger partial charge in [-0.1, -0.05) is 36.7 Å². The molecular weight excluding hydrogens is 360 g/mol. The molecule has 128 valence electrons. The number of aliphatic hydroxyl groups excluding tert-OH is 1. The number of methoxy groups -OCH3 is 1. The number of halogens is 1. The van der Waals surface area contributed by atoms with Gasteiger partial charge in [0, 0.05) is 36.2 Å². The second-order valence-electron chi connectivity index (χ2n) is 6.78. The molecule has 1 aliphatic rings. The van der Waals surface area contributed by atoms with E-state index >= 15 is 0 Å². The molecule has 0 spiro atoms. The van der Waals surface area contributed by atoms with E-state index < -0.39 is 6.61 Å². The summed E-state index contributed by atoms with van der Waals surface area (Å²) >= 11 is 3.60. The fraction of sp³-hybridized carbons (Fsp3) is 0.588. The van der Waals surface area contributed by atoms with Crippen molar-refractivity contribution in [2.45, 2.75) is 26.2 Å². The molecule has 1 heterocycles. The van der Waals surface area contributed by atoms with Crippen molar-refractivity contribution >= 4 is 27.5 Å². The molecule has 1 fully saturated rings. The average Bonchev–Trinajstić information content (AvgIpc) is 2.52. The van der Waals surface area contributed by atoms with Crippen molar-refractivity contribution in [2.75, 3.05) is 44.8 Å². The number of benzene rings is 1. The Morgan fingerprint density at radius 3 is 2.35 bits per heavy atom. The van der Waals surface area contributed by atoms with Crippen LogP contribution in [0.4, 0.5) is 5.69 Å². The van der Waals surface area contributed by atoms with Crippen LogP contribution in [0.5, 0.6) is 5.75 Å². The van der Waals surface area contributed by atoms with Crippen LogP contribution in [0.2, 0.25) is 0 Å². The highest BCUT2D eigenvalue weighted by Gasteiger charge is 2.27. The first-order chi connectivity index (χ1) is 10.8. The second-order valence-corrected chi connectivity index (χ2v) is 7.70. The van der Waals surface area contributed by atoms with Gasteiger partial charge in [-0.05, 0) is 17.5 Å². The van der Waals surface area contributed by atoms with Gasteiger partial charge in [-0.2, -0.15) is 0 Å². The summed E-state index contributed by atoms with van der Waals surface area (Å²) < 4.78 is 6.74. The number of anilines is 1. The third-order valence-corrected chi connectivity index (χ3v) is 4.61. The molecule has 0 radical (unpaired) electrons. The fourth-order valence-electron chi connectivity index (χ4n) is 2.88. The Bertz CT molecular complexity index is 576. The van der Waals surface area contributed by atoms with Crippen molar-refractivity contribution in [3.63, 3.8) is 0 Å². The molecule has 0 atom stereocenters. The van der Waals surface area contributed by atoms with Gasteiger partial charge >= 0.3 is 0 Å². The minimum absolute atomic E-state index is 0.0292. The molecule has 6 heteroatoms. The van der Waals surface area contributed by atoms with Gasteiger partial charge in [0.25, 0.3) is 0 Å². The van der Waals surface area contributed by atoms with Crippen LogP contribution in [0.25, 0.3) is 0 Å². The van der Waals surface area contributed by atoms with Crippen LogP contribution in [-0.2, 0) is 10.2 Å². The fourth-order valence-corrected chi connectivity index (χ4v) is 3.33. The number of carbonyl (C=O) groups is 1. The Morgan fingerprint density at radius 2 is 1.87 bits per heavy atom. The summed E-state index contributed by atoms with van der Waals surface area (Å²) in [4.78, 5) is 15.5. The Morgan fingerprint density at radius 1 is 1.26 bits per heavy atom. The number of nitrogens with zero attached hydrogens (tertiary/aromatic N) is 2. The van der Waals surface area contributed by atoms with E-state index in [0.717, 1.165) is 34.6 Å². The largest absolute Gasteiger partial charge is 0.494 e. The molecule has 1 aliphatic heterocycles. The summed E-state index contributed by atoms with van der Waals surface area (Å²) in [5.74, 6) is 0.684. The number of hydrogen-bond donors (Lipinski definition) is 1. The first-order valence-corrected chi connectivity index (χ1v) is 8.59. The third-order valence-electron chi connectivity index (χ3n) is 4.15. The van der Waals surface area contributed by atoms with Crippen molar-refractivity contribution in [1.82, 2.24) is 4.90 Å². The summed E-state index contributed by atoms with van der Waals surface area (Å²) in [5.41, 5.74) is 2.17. The van der Waals surface area contributed by atoms with Gasteiger partial charge < -0.3 is 19.6 Å². The number of amides is 1. The molecule has 0 bridgehead atoms. The molecule has 2 rings (SSSR count). The molecular formula is C17H25BrN2O3. The minimum atomic E-state index is -0.422. The van der Waals surface area contributed by atoms with Crippen LogP contribution in [0, 0.1) is 0 Å². The predicted molar refractivity (Wildman–Crippen MR) is 95.3 cm³/mol. The lowest BCUT2D eigenvalue weighted by Gasteiger charge is -2.37. The topological polar surface area (TPSA) is 53.0 Å². The van der Waals surface area contributed by atoms with Gasteiger partial charge in [0.15, 0.2) is 0 Å². The molecule has 1 aromatic carbocycles. The smallest absolute Gasteiger partial charge is 0.248 e. The Balaban J connectivity index is 2.30. The normalized spacial score (nSPS) is 15.7. The predicted octanol–water partition coefficient (Wildman–Crippen LogP) is 2.40. The first kappa shape index (κ1) is 18.1. The van der Waals surface area contributed by atoms with Crippen LogP contribution in [0.15, 0.2) is 16.6 Å². The highest BCUT2D eigenvalue weighted by atomic mass is 79.9. The zero-order valence-corrected chi connectivity index (χ0v) is 15.8. The molecule has 5 nitrogen and oxygen atoms in total. The zero-order valence-electron chi connectivity index (χ0n) is 14.2.